The van der Waals surface area contributed by atoms with E-state index in [0.29, 0.717) is 6.20 Å². The zero-order valence-electron chi connectivity index (χ0n) is 6.83. The van der Waals surface area contributed by atoms with Gasteiger partial charge >= 0.3 is 11.7 Å². The third-order valence-corrected chi connectivity index (χ3v) is 2.15. The number of aromatic nitrogens is 2. The second-order valence-electron chi connectivity index (χ2n) is 2.45. The zero-order chi connectivity index (χ0) is 11.8. The molecule has 0 amide bonds. The number of aliphatic carboxylic acids is 1. The molecule has 15 heavy (non-hydrogen) atoms. The maximum Gasteiger partial charge on any atom is 0.362 e. The highest BCUT2D eigenvalue weighted by Crippen LogP contribution is 2.25. The lowest BCUT2D eigenvalue weighted by atomic mass is 10.5. The van der Waals surface area contributed by atoms with Gasteiger partial charge in [-0.1, -0.05) is 23.2 Å². The number of rotatable bonds is 2. The van der Waals surface area contributed by atoms with Crippen LogP contribution >= 0.6 is 23.2 Å². The molecule has 6 nitrogen and oxygen atoms in total. The van der Waals surface area contributed by atoms with Crippen LogP contribution in [0.15, 0.2) is 15.8 Å². The molecule has 0 saturated heterocycles. The summed E-state index contributed by atoms with van der Waals surface area (Å²) in [6.07, 6.45) is 0.315. The average Bonchev–Trinajstić information content (AvgIpc) is 2.10. The number of hydrogen-bond donors (Lipinski definition) is 2. The van der Waals surface area contributed by atoms with Crippen molar-refractivity contribution >= 4 is 29.2 Å². The van der Waals surface area contributed by atoms with E-state index < -0.39 is 27.5 Å². The van der Waals surface area contributed by atoms with Gasteiger partial charge in [-0.15, -0.1) is 0 Å². The van der Waals surface area contributed by atoms with Crippen molar-refractivity contribution in [2.24, 2.45) is 0 Å². The minimum atomic E-state index is -2.68. The molecule has 82 valence electrons. The number of alkyl halides is 2. The van der Waals surface area contributed by atoms with Crippen LogP contribution in [0.1, 0.15) is 0 Å². The van der Waals surface area contributed by atoms with Crippen LogP contribution in [-0.4, -0.2) is 20.6 Å². The van der Waals surface area contributed by atoms with Crippen molar-refractivity contribution < 1.29 is 14.3 Å². The number of carboxylic acid groups (broad SMARTS) is 1. The van der Waals surface area contributed by atoms with E-state index in [2.05, 4.69) is 0 Å². The first-order valence-electron chi connectivity index (χ1n) is 3.40. The highest BCUT2D eigenvalue weighted by molar-refractivity contribution is 6.54. The van der Waals surface area contributed by atoms with Crippen LogP contribution < -0.4 is 11.2 Å². The van der Waals surface area contributed by atoms with Crippen molar-refractivity contribution in [1.29, 1.82) is 0 Å². The SMILES string of the molecule is O=C(O)C(Cl)(Cl)n1cc(F)c(=O)[nH]c1=O. The first kappa shape index (κ1) is 11.7. The van der Waals surface area contributed by atoms with Crippen LogP contribution in [0, 0.1) is 5.82 Å². The number of carbonyl (C=O) groups is 1. The van der Waals surface area contributed by atoms with Crippen LogP contribution in [0.3, 0.4) is 0 Å². The zero-order valence-corrected chi connectivity index (χ0v) is 8.34. The van der Waals surface area contributed by atoms with E-state index in [-0.39, 0.29) is 4.57 Å². The Balaban J connectivity index is 3.53. The van der Waals surface area contributed by atoms with E-state index in [0.717, 1.165) is 0 Å². The molecular formula is C6H3Cl2FN2O4. The number of H-pyrrole nitrogens is 1. The molecule has 0 aliphatic rings. The van der Waals surface area contributed by atoms with Gasteiger partial charge in [-0.25, -0.2) is 9.59 Å². The molecule has 0 unspecified atom stereocenters. The molecule has 2 N–H and O–H groups in total. The summed E-state index contributed by atoms with van der Waals surface area (Å²) in [7, 11) is 0. The Morgan fingerprint density at radius 2 is 2.07 bits per heavy atom. The molecule has 1 aromatic rings. The van der Waals surface area contributed by atoms with Crippen molar-refractivity contribution in [2.75, 3.05) is 0 Å². The second-order valence-corrected chi connectivity index (χ2v) is 3.74. The minimum Gasteiger partial charge on any atom is -0.478 e. The first-order valence-corrected chi connectivity index (χ1v) is 4.15. The standard InChI is InChI=1S/C6H3Cl2FN2O4/c7-6(8,4(13)14)11-1-2(9)3(12)10-5(11)15/h1H,(H,13,14)(H,10,12,15). The summed E-state index contributed by atoms with van der Waals surface area (Å²) in [5.74, 6) is -3.15. The van der Waals surface area contributed by atoms with Crippen LogP contribution in [-0.2, 0) is 9.25 Å². The lowest BCUT2D eigenvalue weighted by molar-refractivity contribution is -0.140. The molecule has 0 saturated carbocycles. The second kappa shape index (κ2) is 3.67. The number of halogens is 3. The topological polar surface area (TPSA) is 92.2 Å². The summed E-state index contributed by atoms with van der Waals surface area (Å²) < 4.78 is 10.2. The van der Waals surface area contributed by atoms with Crippen molar-refractivity contribution in [1.82, 2.24) is 9.55 Å². The average molecular weight is 257 g/mol. The van der Waals surface area contributed by atoms with Crippen LogP contribution in [0.2, 0.25) is 0 Å². The number of nitrogens with one attached hydrogen (secondary N) is 1. The van der Waals surface area contributed by atoms with Gasteiger partial charge in [0, 0.05) is 0 Å². The maximum absolute atomic E-state index is 12.7. The summed E-state index contributed by atoms with van der Waals surface area (Å²) >= 11 is 10.5. The van der Waals surface area contributed by atoms with Gasteiger partial charge in [-0.2, -0.15) is 4.39 Å². The van der Waals surface area contributed by atoms with Gasteiger partial charge in [0.1, 0.15) is 0 Å². The van der Waals surface area contributed by atoms with Gasteiger partial charge in [0.15, 0.2) is 0 Å². The van der Waals surface area contributed by atoms with Gasteiger partial charge in [-0.05, 0) is 0 Å². The predicted molar refractivity (Wildman–Crippen MR) is 48.6 cm³/mol. The van der Waals surface area contributed by atoms with Crippen molar-refractivity contribution in [3.05, 3.63) is 32.9 Å². The van der Waals surface area contributed by atoms with Gasteiger partial charge in [0.05, 0.1) is 6.20 Å². The Hall–Kier alpha value is -1.34. The monoisotopic (exact) mass is 256 g/mol. The lowest BCUT2D eigenvalue weighted by Gasteiger charge is -2.16. The number of hydrogen-bond acceptors (Lipinski definition) is 3. The summed E-state index contributed by atoms with van der Waals surface area (Å²) in [4.78, 5) is 33.7. The molecule has 9 heteroatoms. The van der Waals surface area contributed by atoms with E-state index in [1.165, 1.54) is 4.98 Å². The molecule has 1 rings (SSSR count). The van der Waals surface area contributed by atoms with Crippen molar-refractivity contribution in [2.45, 2.75) is 4.46 Å². The van der Waals surface area contributed by atoms with Crippen molar-refractivity contribution in [3.63, 3.8) is 0 Å². The van der Waals surface area contributed by atoms with Crippen LogP contribution in [0.25, 0.3) is 0 Å². The summed E-state index contributed by atoms with van der Waals surface area (Å²) in [5, 5.41) is 8.54. The third kappa shape index (κ3) is 2.02. The first-order chi connectivity index (χ1) is 6.76. The largest absolute Gasteiger partial charge is 0.478 e. The molecule has 1 aromatic heterocycles. The fourth-order valence-corrected chi connectivity index (χ4v) is 1.01. The molecule has 1 heterocycles. The Morgan fingerprint density at radius 1 is 1.53 bits per heavy atom. The molecule has 0 aliphatic carbocycles. The Morgan fingerprint density at radius 3 is 2.53 bits per heavy atom. The highest BCUT2D eigenvalue weighted by atomic mass is 35.5. The van der Waals surface area contributed by atoms with Gasteiger partial charge in [-0.3, -0.25) is 14.3 Å². The van der Waals surface area contributed by atoms with Gasteiger partial charge in [0.25, 0.3) is 10.0 Å². The highest BCUT2D eigenvalue weighted by Gasteiger charge is 2.37. The Labute approximate surface area is 90.9 Å². The number of nitrogens with zero attached hydrogens (tertiary/aromatic N) is 1. The van der Waals surface area contributed by atoms with Crippen LogP contribution in [0.5, 0.6) is 0 Å². The van der Waals surface area contributed by atoms with E-state index in [4.69, 9.17) is 28.3 Å². The van der Waals surface area contributed by atoms with E-state index >= 15 is 0 Å². The molecule has 0 atom stereocenters. The van der Waals surface area contributed by atoms with Crippen molar-refractivity contribution in [3.8, 4) is 0 Å². The minimum absolute atomic E-state index is 0.148. The molecule has 0 radical (unpaired) electrons. The smallest absolute Gasteiger partial charge is 0.362 e. The molecular weight excluding hydrogens is 254 g/mol. The van der Waals surface area contributed by atoms with Gasteiger partial charge in [0.2, 0.25) is 5.82 Å². The molecule has 0 bridgehead atoms. The van der Waals surface area contributed by atoms with E-state index in [1.54, 1.807) is 0 Å². The number of aromatic amines is 1. The lowest BCUT2D eigenvalue weighted by Crippen LogP contribution is -2.42. The molecule has 0 aliphatic heterocycles. The molecule has 0 fully saturated rings. The Kier molecular flexibility index (Phi) is 2.87. The number of carboxylic acids is 1. The predicted octanol–water partition coefficient (Wildman–Crippen LogP) is -0.152. The third-order valence-electron chi connectivity index (χ3n) is 1.46. The summed E-state index contributed by atoms with van der Waals surface area (Å²) in [5.41, 5.74) is -2.51. The summed E-state index contributed by atoms with van der Waals surface area (Å²) in [6.45, 7) is 0. The normalized spacial score (nSPS) is 11.4. The molecule has 0 spiro atoms. The fourth-order valence-electron chi connectivity index (χ4n) is 0.759. The van der Waals surface area contributed by atoms with Gasteiger partial charge < -0.3 is 5.11 Å². The van der Waals surface area contributed by atoms with Crippen LogP contribution in [0.4, 0.5) is 4.39 Å². The van der Waals surface area contributed by atoms with E-state index in [9.17, 15) is 18.8 Å². The fraction of sp³-hybridized carbons (Fsp3) is 0.167. The Bertz CT molecular complexity index is 521. The maximum atomic E-state index is 12.7. The van der Waals surface area contributed by atoms with E-state index in [1.807, 2.05) is 0 Å². The summed E-state index contributed by atoms with van der Waals surface area (Å²) in [6, 6.07) is 0. The quantitative estimate of drug-likeness (QED) is 0.720. The molecule has 0 aromatic carbocycles.